The monoisotopic (exact) mass is 96.0 g/mol. The van der Waals surface area contributed by atoms with Crippen LogP contribution in [0.2, 0.25) is 0 Å². The highest BCUT2D eigenvalue weighted by Crippen LogP contribution is 1.60. The minimum atomic E-state index is 0. The standard InChI is InChI=1S/C2H3Cl.H3P/c1-2-3;/h2H,1H2;1H3. The fraction of sp³-hybridized carbons (Fsp3) is 0. The number of rotatable bonds is 0. The van der Waals surface area contributed by atoms with Crippen molar-refractivity contribution in [2.24, 2.45) is 0 Å². The second-order valence-electron chi connectivity index (χ2n) is 0.154. The molecule has 0 aromatic carbocycles. The highest BCUT2D eigenvalue weighted by atomic mass is 35.5. The lowest BCUT2D eigenvalue weighted by Gasteiger charge is -1.27. The molecule has 0 aliphatic carbocycles. The molecule has 0 saturated heterocycles. The molecule has 0 aromatic rings. The van der Waals surface area contributed by atoms with Crippen LogP contribution in [0.15, 0.2) is 12.1 Å². The van der Waals surface area contributed by atoms with Crippen molar-refractivity contribution in [2.45, 2.75) is 0 Å². The SMILES string of the molecule is C=CCl.P. The second-order valence-corrected chi connectivity index (χ2v) is 0.463. The van der Waals surface area contributed by atoms with Crippen molar-refractivity contribution in [1.29, 1.82) is 0 Å². The van der Waals surface area contributed by atoms with E-state index >= 15 is 0 Å². The highest BCUT2D eigenvalue weighted by molar-refractivity contribution is 6.92. The van der Waals surface area contributed by atoms with Crippen molar-refractivity contribution >= 4 is 21.5 Å². The van der Waals surface area contributed by atoms with Gasteiger partial charge in [0, 0.05) is 0 Å². The third-order valence-electron chi connectivity index (χ3n) is 0. The average Bonchev–Trinajstić information content (AvgIpc) is 0.918. The van der Waals surface area contributed by atoms with Gasteiger partial charge in [-0.3, -0.25) is 0 Å². The molecule has 1 unspecified atom stereocenters. The first-order valence-corrected chi connectivity index (χ1v) is 1.06. The summed E-state index contributed by atoms with van der Waals surface area (Å²) in [4.78, 5) is 0. The van der Waals surface area contributed by atoms with Crippen molar-refractivity contribution in [2.75, 3.05) is 0 Å². The minimum absolute atomic E-state index is 0. The Labute approximate surface area is 34.5 Å². The molecule has 0 heterocycles. The summed E-state index contributed by atoms with van der Waals surface area (Å²) < 4.78 is 0. The van der Waals surface area contributed by atoms with Gasteiger partial charge in [0.1, 0.15) is 0 Å². The van der Waals surface area contributed by atoms with Crippen molar-refractivity contribution in [3.05, 3.63) is 12.1 Å². The Morgan fingerprint density at radius 2 is 1.75 bits per heavy atom. The van der Waals surface area contributed by atoms with E-state index in [0.717, 1.165) is 0 Å². The van der Waals surface area contributed by atoms with E-state index in [2.05, 4.69) is 6.58 Å². The van der Waals surface area contributed by atoms with Gasteiger partial charge in [-0.15, -0.1) is 0 Å². The van der Waals surface area contributed by atoms with Gasteiger partial charge in [-0.05, 0) is 5.54 Å². The van der Waals surface area contributed by atoms with Crippen molar-refractivity contribution < 1.29 is 0 Å². The minimum Gasteiger partial charge on any atom is -0.153 e. The Morgan fingerprint density at radius 3 is 1.75 bits per heavy atom. The Hall–Kier alpha value is 0.460. The molecule has 1 atom stereocenters. The zero-order chi connectivity index (χ0) is 2.71. The van der Waals surface area contributed by atoms with Gasteiger partial charge in [0.25, 0.3) is 0 Å². The van der Waals surface area contributed by atoms with E-state index in [9.17, 15) is 0 Å². The molecule has 0 aliphatic heterocycles. The van der Waals surface area contributed by atoms with Crippen LogP contribution in [0.3, 0.4) is 0 Å². The maximum atomic E-state index is 4.76. The summed E-state index contributed by atoms with van der Waals surface area (Å²) in [5.41, 5.74) is 1.22. The van der Waals surface area contributed by atoms with Gasteiger partial charge in [0.15, 0.2) is 0 Å². The fourth-order valence-corrected chi connectivity index (χ4v) is 0. The molecule has 0 aromatic heterocycles. The first-order chi connectivity index (χ1) is 1.41. The first-order valence-electron chi connectivity index (χ1n) is 0.626. The largest absolute Gasteiger partial charge is 0.153 e. The van der Waals surface area contributed by atoms with Crippen LogP contribution in [0.25, 0.3) is 0 Å². The zero-order valence-electron chi connectivity index (χ0n) is 2.37. The molecule has 2 heteroatoms. The summed E-state index contributed by atoms with van der Waals surface area (Å²) in [5.74, 6) is 0. The number of hydrogen-bond donors (Lipinski definition) is 0. The van der Waals surface area contributed by atoms with E-state index in [0.29, 0.717) is 0 Å². The molecule has 0 saturated carbocycles. The average molecular weight is 96.5 g/mol. The predicted molar refractivity (Wildman–Crippen MR) is 27.2 cm³/mol. The van der Waals surface area contributed by atoms with Gasteiger partial charge in [0.2, 0.25) is 0 Å². The van der Waals surface area contributed by atoms with Gasteiger partial charge in [-0.2, -0.15) is 9.90 Å². The van der Waals surface area contributed by atoms with Crippen LogP contribution in [0.5, 0.6) is 0 Å². The van der Waals surface area contributed by atoms with E-state index in [-0.39, 0.29) is 9.90 Å². The Bertz CT molecular complexity index is 13.5. The summed E-state index contributed by atoms with van der Waals surface area (Å²) >= 11 is 4.76. The molecule has 26 valence electrons. The number of halogens is 1. The second kappa shape index (κ2) is 9.82. The summed E-state index contributed by atoms with van der Waals surface area (Å²) in [6, 6.07) is 0. The van der Waals surface area contributed by atoms with Crippen LogP contribution in [0.4, 0.5) is 0 Å². The van der Waals surface area contributed by atoms with Crippen molar-refractivity contribution in [3.63, 3.8) is 0 Å². The summed E-state index contributed by atoms with van der Waals surface area (Å²) in [6.45, 7) is 3.13. The predicted octanol–water partition coefficient (Wildman–Crippen LogP) is 1.43. The Morgan fingerprint density at radius 1 is 1.75 bits per heavy atom. The van der Waals surface area contributed by atoms with E-state index in [1.165, 1.54) is 5.54 Å². The van der Waals surface area contributed by atoms with E-state index in [1.54, 1.807) is 0 Å². The molecule has 4 heavy (non-hydrogen) atoms. The van der Waals surface area contributed by atoms with Gasteiger partial charge in [0.05, 0.1) is 0 Å². The van der Waals surface area contributed by atoms with Crippen LogP contribution in [-0.4, -0.2) is 0 Å². The molecule has 0 N–H and O–H groups in total. The topological polar surface area (TPSA) is 0 Å². The van der Waals surface area contributed by atoms with Crippen molar-refractivity contribution in [1.82, 2.24) is 0 Å². The molecule has 0 spiro atoms. The van der Waals surface area contributed by atoms with Crippen molar-refractivity contribution in [3.8, 4) is 0 Å². The molecule has 0 radical (unpaired) electrons. The van der Waals surface area contributed by atoms with Crippen LogP contribution >= 0.6 is 21.5 Å². The van der Waals surface area contributed by atoms with Gasteiger partial charge >= 0.3 is 0 Å². The molecule has 0 amide bonds. The van der Waals surface area contributed by atoms with Crippen LogP contribution in [-0.2, 0) is 0 Å². The molecule has 0 rings (SSSR count). The lowest BCUT2D eigenvalue weighted by atomic mass is 11.3. The normalized spacial score (nSPS) is 3.25. The quantitative estimate of drug-likeness (QED) is 0.400. The van der Waals surface area contributed by atoms with Crippen LogP contribution < -0.4 is 0 Å². The van der Waals surface area contributed by atoms with E-state index < -0.39 is 0 Å². The maximum Gasteiger partial charge on any atom is -0.00296 e. The summed E-state index contributed by atoms with van der Waals surface area (Å²) in [5, 5.41) is 0. The van der Waals surface area contributed by atoms with Gasteiger partial charge in [-0.1, -0.05) is 18.2 Å². The van der Waals surface area contributed by atoms with E-state index in [4.69, 9.17) is 11.6 Å². The molecule has 0 bridgehead atoms. The maximum absolute atomic E-state index is 4.76. The Balaban J connectivity index is 0. The molecule has 0 aliphatic rings. The number of hydrogen-bond acceptors (Lipinski definition) is 0. The van der Waals surface area contributed by atoms with Crippen LogP contribution in [0, 0.1) is 0 Å². The highest BCUT2D eigenvalue weighted by Gasteiger charge is 1.18. The lowest BCUT2D eigenvalue weighted by molar-refractivity contribution is 2.63. The third kappa shape index (κ3) is 24.8. The molecular formula is C2H6ClP. The molecule has 0 fully saturated rings. The van der Waals surface area contributed by atoms with E-state index in [1.807, 2.05) is 0 Å². The van der Waals surface area contributed by atoms with Crippen LogP contribution in [0.1, 0.15) is 0 Å². The third-order valence-corrected chi connectivity index (χ3v) is 0. The van der Waals surface area contributed by atoms with Gasteiger partial charge in [-0.25, -0.2) is 0 Å². The fourth-order valence-electron chi connectivity index (χ4n) is 0. The lowest BCUT2D eigenvalue weighted by Crippen LogP contribution is -0.926. The smallest absolute Gasteiger partial charge is 0.00296 e. The first kappa shape index (κ1) is 8.82. The summed E-state index contributed by atoms with van der Waals surface area (Å²) in [7, 11) is 0. The molecular weight excluding hydrogens is 90.4 g/mol. The van der Waals surface area contributed by atoms with Gasteiger partial charge < -0.3 is 0 Å². The summed E-state index contributed by atoms with van der Waals surface area (Å²) in [6.07, 6.45) is 0. The molecule has 0 nitrogen and oxygen atoms in total. The Kier molecular flexibility index (Phi) is 21.7. The zero-order valence-corrected chi connectivity index (χ0v) is 4.54.